The number of piperidine rings is 1. The van der Waals surface area contributed by atoms with E-state index in [1.807, 2.05) is 12.4 Å². The molecule has 2 atom stereocenters. The zero-order chi connectivity index (χ0) is 20.0. The highest BCUT2D eigenvalue weighted by Crippen LogP contribution is 2.39. The van der Waals surface area contributed by atoms with Crippen molar-refractivity contribution in [2.75, 3.05) is 50.7 Å². The molecule has 0 radical (unpaired) electrons. The summed E-state index contributed by atoms with van der Waals surface area (Å²) in [7, 11) is 0. The van der Waals surface area contributed by atoms with Crippen molar-refractivity contribution >= 4 is 17.4 Å². The van der Waals surface area contributed by atoms with Crippen LogP contribution in [0.4, 0.5) is 5.82 Å². The summed E-state index contributed by atoms with van der Waals surface area (Å²) in [5, 5.41) is 8.85. The number of amides is 1. The highest BCUT2D eigenvalue weighted by molar-refractivity contribution is 5.78. The molecule has 156 valence electrons. The molecule has 3 fully saturated rings. The van der Waals surface area contributed by atoms with E-state index in [9.17, 15) is 4.79 Å². The molecule has 2 aliphatic heterocycles. The van der Waals surface area contributed by atoms with Gasteiger partial charge in [0, 0.05) is 57.6 Å². The third kappa shape index (κ3) is 3.82. The number of hydrogen-bond acceptors (Lipinski definition) is 6. The van der Waals surface area contributed by atoms with Gasteiger partial charge in [0.15, 0.2) is 5.82 Å². The van der Waals surface area contributed by atoms with Crippen LogP contribution < -0.4 is 4.90 Å². The fraction of sp³-hybridized carbons (Fsp3) is 0.714. The normalized spacial score (nSPS) is 26.3. The van der Waals surface area contributed by atoms with Crippen LogP contribution in [-0.4, -0.2) is 81.1 Å². The minimum absolute atomic E-state index is 0.281. The molecular weight excluding hydrogens is 366 g/mol. The maximum atomic E-state index is 12.8. The molecule has 2 aromatic heterocycles. The van der Waals surface area contributed by atoms with Crippen molar-refractivity contribution in [2.45, 2.75) is 39.0 Å². The van der Waals surface area contributed by atoms with Gasteiger partial charge in [-0.15, -0.1) is 10.2 Å². The summed E-state index contributed by atoms with van der Waals surface area (Å²) >= 11 is 0. The molecule has 0 aromatic carbocycles. The number of aromatic nitrogens is 4. The van der Waals surface area contributed by atoms with Crippen LogP contribution in [0.1, 0.15) is 44.9 Å². The summed E-state index contributed by atoms with van der Waals surface area (Å²) in [6.45, 7) is 10.3. The van der Waals surface area contributed by atoms with Crippen molar-refractivity contribution in [3.05, 3.63) is 18.2 Å². The van der Waals surface area contributed by atoms with E-state index in [-0.39, 0.29) is 5.91 Å². The lowest BCUT2D eigenvalue weighted by molar-refractivity contribution is -0.135. The van der Waals surface area contributed by atoms with E-state index >= 15 is 0 Å². The third-order valence-electron chi connectivity index (χ3n) is 6.53. The van der Waals surface area contributed by atoms with Crippen molar-refractivity contribution in [1.29, 1.82) is 0 Å². The van der Waals surface area contributed by atoms with Gasteiger partial charge < -0.3 is 9.80 Å². The fourth-order valence-corrected chi connectivity index (χ4v) is 4.95. The van der Waals surface area contributed by atoms with Crippen LogP contribution in [-0.2, 0) is 4.79 Å². The molecule has 2 aromatic rings. The maximum absolute atomic E-state index is 12.8. The van der Waals surface area contributed by atoms with Gasteiger partial charge >= 0.3 is 0 Å². The molecule has 0 bridgehead atoms. The number of carbonyl (C=O) groups excluding carboxylic acids is 1. The van der Waals surface area contributed by atoms with E-state index in [0.29, 0.717) is 24.3 Å². The van der Waals surface area contributed by atoms with E-state index in [0.717, 1.165) is 56.6 Å². The number of anilines is 1. The van der Waals surface area contributed by atoms with Crippen molar-refractivity contribution in [1.82, 2.24) is 29.4 Å². The van der Waals surface area contributed by atoms with Gasteiger partial charge in [-0.1, -0.05) is 13.8 Å². The highest BCUT2D eigenvalue weighted by atomic mass is 16.2. The first-order valence-electron chi connectivity index (χ1n) is 11.0. The third-order valence-corrected chi connectivity index (χ3v) is 6.53. The second-order valence-corrected chi connectivity index (χ2v) is 9.28. The predicted molar refractivity (Wildman–Crippen MR) is 111 cm³/mol. The Hall–Kier alpha value is -2.22. The second kappa shape index (κ2) is 7.55. The number of hydrogen-bond donors (Lipinski definition) is 0. The first kappa shape index (κ1) is 18.8. The lowest BCUT2D eigenvalue weighted by Crippen LogP contribution is -2.52. The van der Waals surface area contributed by atoms with Gasteiger partial charge in [-0.05, 0) is 31.1 Å². The van der Waals surface area contributed by atoms with Crippen LogP contribution in [0.25, 0.3) is 5.65 Å². The van der Waals surface area contributed by atoms with E-state index in [4.69, 9.17) is 0 Å². The Bertz CT molecular complexity index is 874. The highest BCUT2D eigenvalue weighted by Gasteiger charge is 2.31. The first-order chi connectivity index (χ1) is 14.1. The van der Waals surface area contributed by atoms with Gasteiger partial charge in [0.1, 0.15) is 5.82 Å². The van der Waals surface area contributed by atoms with E-state index in [2.05, 4.69) is 48.1 Å². The van der Waals surface area contributed by atoms with Crippen molar-refractivity contribution in [2.24, 2.45) is 11.8 Å². The molecule has 2 unspecified atom stereocenters. The average Bonchev–Trinajstić information content (AvgIpc) is 3.46. The summed E-state index contributed by atoms with van der Waals surface area (Å²) in [6, 6.07) is 0. The molecule has 1 amide bonds. The molecule has 4 heterocycles. The minimum atomic E-state index is 0.281. The van der Waals surface area contributed by atoms with Crippen molar-refractivity contribution < 1.29 is 4.79 Å². The largest absolute Gasteiger partial charge is 0.351 e. The lowest BCUT2D eigenvalue weighted by atomic mass is 9.92. The fourth-order valence-electron chi connectivity index (χ4n) is 4.95. The smallest absolute Gasteiger partial charge is 0.236 e. The molecule has 1 saturated carbocycles. The number of fused-ring (bicyclic) bond motifs is 1. The predicted octanol–water partition coefficient (Wildman–Crippen LogP) is 1.63. The summed E-state index contributed by atoms with van der Waals surface area (Å²) in [5.41, 5.74) is 0.857. The molecule has 8 nitrogen and oxygen atoms in total. The number of nitrogens with zero attached hydrogens (tertiary/aromatic N) is 7. The van der Waals surface area contributed by atoms with E-state index in [1.165, 1.54) is 19.3 Å². The molecule has 1 aliphatic carbocycles. The first-order valence-corrected chi connectivity index (χ1v) is 11.0. The summed E-state index contributed by atoms with van der Waals surface area (Å²) in [4.78, 5) is 24.0. The molecule has 8 heteroatoms. The molecule has 2 saturated heterocycles. The number of likely N-dealkylation sites (tertiary alicyclic amines) is 1. The van der Waals surface area contributed by atoms with Gasteiger partial charge in [-0.3, -0.25) is 14.1 Å². The number of rotatable bonds is 4. The number of piperazine rings is 1. The Morgan fingerprint density at radius 3 is 2.48 bits per heavy atom. The SMILES string of the molecule is CC1CC(C)CN(C(=O)CN2CCN(c3nccn4c(C5CC5)nnc34)CC2)C1. The maximum Gasteiger partial charge on any atom is 0.236 e. The standard InChI is InChI=1S/C21H31N7O/c1-15-11-16(2)13-27(12-15)18(29)14-25-7-9-26(10-8-25)20-21-24-23-19(17-3-4-17)28(21)6-5-22-20/h5-6,15-17H,3-4,7-14H2,1-2H3. The Balaban J connectivity index is 1.21. The van der Waals surface area contributed by atoms with Crippen molar-refractivity contribution in [3.8, 4) is 0 Å². The van der Waals surface area contributed by atoms with Gasteiger partial charge in [-0.2, -0.15) is 0 Å². The molecule has 0 spiro atoms. The van der Waals surface area contributed by atoms with Gasteiger partial charge in [0.2, 0.25) is 11.6 Å². The number of carbonyl (C=O) groups is 1. The van der Waals surface area contributed by atoms with Gasteiger partial charge in [0.25, 0.3) is 0 Å². The van der Waals surface area contributed by atoms with Crippen LogP contribution in [0.3, 0.4) is 0 Å². The molecule has 29 heavy (non-hydrogen) atoms. The summed E-state index contributed by atoms with van der Waals surface area (Å²) < 4.78 is 2.11. The summed E-state index contributed by atoms with van der Waals surface area (Å²) in [5.74, 6) is 4.03. The van der Waals surface area contributed by atoms with Crippen LogP contribution in [0, 0.1) is 11.8 Å². The van der Waals surface area contributed by atoms with Crippen LogP contribution in [0.5, 0.6) is 0 Å². The zero-order valence-corrected chi connectivity index (χ0v) is 17.5. The molecular formula is C21H31N7O. The van der Waals surface area contributed by atoms with Gasteiger partial charge in [-0.25, -0.2) is 4.98 Å². The summed E-state index contributed by atoms with van der Waals surface area (Å²) in [6.07, 6.45) is 7.47. The quantitative estimate of drug-likeness (QED) is 0.781. The van der Waals surface area contributed by atoms with Crippen LogP contribution in [0.15, 0.2) is 12.4 Å². The van der Waals surface area contributed by atoms with Crippen LogP contribution in [0.2, 0.25) is 0 Å². The topological polar surface area (TPSA) is 69.9 Å². The Kier molecular flexibility index (Phi) is 4.89. The molecule has 5 rings (SSSR count). The Morgan fingerprint density at radius 2 is 1.79 bits per heavy atom. The van der Waals surface area contributed by atoms with Crippen molar-refractivity contribution in [3.63, 3.8) is 0 Å². The lowest BCUT2D eigenvalue weighted by Gasteiger charge is -2.38. The Morgan fingerprint density at radius 1 is 1.07 bits per heavy atom. The zero-order valence-electron chi connectivity index (χ0n) is 17.5. The van der Waals surface area contributed by atoms with Crippen LogP contribution >= 0.6 is 0 Å². The monoisotopic (exact) mass is 397 g/mol. The average molecular weight is 398 g/mol. The van der Waals surface area contributed by atoms with Gasteiger partial charge in [0.05, 0.1) is 6.54 Å². The van der Waals surface area contributed by atoms with E-state index in [1.54, 1.807) is 0 Å². The minimum Gasteiger partial charge on any atom is -0.351 e. The second-order valence-electron chi connectivity index (χ2n) is 9.28. The Labute approximate surface area is 171 Å². The molecule has 0 N–H and O–H groups in total. The van der Waals surface area contributed by atoms with E-state index < -0.39 is 0 Å². The molecule has 3 aliphatic rings.